The Bertz CT molecular complexity index is 784. The quantitative estimate of drug-likeness (QED) is 0.711. The summed E-state index contributed by atoms with van der Waals surface area (Å²) in [5, 5.41) is 5.10. The lowest BCUT2D eigenvalue weighted by Gasteiger charge is -2.28. The number of anilines is 1. The van der Waals surface area contributed by atoms with E-state index >= 15 is 0 Å². The Morgan fingerprint density at radius 2 is 1.88 bits per heavy atom. The van der Waals surface area contributed by atoms with E-state index in [1.807, 2.05) is 50.2 Å². The number of hydrogen-bond acceptors (Lipinski definition) is 3. The highest BCUT2D eigenvalue weighted by Gasteiger charge is 2.48. The highest BCUT2D eigenvalue weighted by atomic mass is 16.5. The predicted octanol–water partition coefficient (Wildman–Crippen LogP) is 5.16. The lowest BCUT2D eigenvalue weighted by molar-refractivity contribution is -0.141. The first-order valence-electron chi connectivity index (χ1n) is 9.63. The molecule has 0 spiro atoms. The van der Waals surface area contributed by atoms with Gasteiger partial charge in [-0.05, 0) is 58.1 Å². The molecule has 4 nitrogen and oxygen atoms in total. The molecule has 1 N–H and O–H groups in total. The number of fused-ring (bicyclic) bond motifs is 1. The van der Waals surface area contributed by atoms with Crippen molar-refractivity contribution in [3.8, 4) is 5.75 Å². The molecule has 26 heavy (non-hydrogen) atoms. The van der Waals surface area contributed by atoms with E-state index in [1.54, 1.807) is 0 Å². The average molecular weight is 355 g/mol. The summed E-state index contributed by atoms with van der Waals surface area (Å²) < 4.78 is 11.9. The van der Waals surface area contributed by atoms with Crippen LogP contribution in [0.1, 0.15) is 47.0 Å². The number of carbonyl (C=O) groups is 1. The van der Waals surface area contributed by atoms with E-state index in [9.17, 15) is 4.79 Å². The van der Waals surface area contributed by atoms with Gasteiger partial charge < -0.3 is 14.8 Å². The number of amides is 1. The van der Waals surface area contributed by atoms with Crippen LogP contribution >= 0.6 is 0 Å². The van der Waals surface area contributed by atoms with Gasteiger partial charge in [-0.1, -0.05) is 31.2 Å². The molecule has 1 saturated carbocycles. The molecule has 0 unspecified atom stereocenters. The maximum Gasteiger partial charge on any atom is 0.256 e. The Morgan fingerprint density at radius 1 is 1.19 bits per heavy atom. The van der Waals surface area contributed by atoms with Gasteiger partial charge in [0.1, 0.15) is 11.4 Å². The van der Waals surface area contributed by atoms with Gasteiger partial charge in [0.2, 0.25) is 0 Å². The van der Waals surface area contributed by atoms with Crippen LogP contribution in [0.3, 0.4) is 0 Å². The maximum atomic E-state index is 13.0. The van der Waals surface area contributed by atoms with Crippen LogP contribution in [0.4, 0.5) is 5.69 Å². The van der Waals surface area contributed by atoms with Crippen molar-refractivity contribution in [2.45, 2.75) is 58.7 Å². The standard InChI is InChI=1S/C22H29NO3/c1-5-15(3)26-20-14-13-19(17-9-7-8-10-18(17)20)23-21(24)22(4,25-6-2)16-11-12-16/h7-10,13-16H,5-6,11-12H2,1-4H3,(H,23,24)/t15-,22-/m1/s1. The van der Waals surface area contributed by atoms with Gasteiger partial charge in [0.25, 0.3) is 5.91 Å². The van der Waals surface area contributed by atoms with Crippen molar-refractivity contribution < 1.29 is 14.3 Å². The first-order chi connectivity index (χ1) is 12.5. The fourth-order valence-electron chi connectivity index (χ4n) is 3.33. The van der Waals surface area contributed by atoms with Gasteiger partial charge in [0.05, 0.1) is 6.10 Å². The van der Waals surface area contributed by atoms with Crippen molar-refractivity contribution in [2.75, 3.05) is 11.9 Å². The Hall–Kier alpha value is -2.07. The van der Waals surface area contributed by atoms with Gasteiger partial charge in [0.15, 0.2) is 0 Å². The van der Waals surface area contributed by atoms with Crippen LogP contribution in [0, 0.1) is 5.92 Å². The number of benzene rings is 2. The maximum absolute atomic E-state index is 13.0. The lowest BCUT2D eigenvalue weighted by atomic mass is 9.98. The second-order valence-electron chi connectivity index (χ2n) is 7.26. The Balaban J connectivity index is 1.91. The third kappa shape index (κ3) is 3.70. The van der Waals surface area contributed by atoms with E-state index in [4.69, 9.17) is 9.47 Å². The van der Waals surface area contributed by atoms with Crippen molar-refractivity contribution in [1.82, 2.24) is 0 Å². The molecular weight excluding hydrogens is 326 g/mol. The van der Waals surface area contributed by atoms with Gasteiger partial charge >= 0.3 is 0 Å². The third-order valence-corrected chi connectivity index (χ3v) is 5.29. The summed E-state index contributed by atoms with van der Waals surface area (Å²) in [6.07, 6.45) is 3.19. The minimum absolute atomic E-state index is 0.0670. The predicted molar refractivity (Wildman–Crippen MR) is 106 cm³/mol. The van der Waals surface area contributed by atoms with Crippen LogP contribution in [0.2, 0.25) is 0 Å². The zero-order chi connectivity index (χ0) is 18.7. The molecule has 2 aromatic carbocycles. The summed E-state index contributed by atoms with van der Waals surface area (Å²) >= 11 is 0. The molecule has 1 aliphatic carbocycles. The van der Waals surface area contributed by atoms with Crippen molar-refractivity contribution in [3.05, 3.63) is 36.4 Å². The van der Waals surface area contributed by atoms with E-state index in [-0.39, 0.29) is 12.0 Å². The largest absolute Gasteiger partial charge is 0.490 e. The van der Waals surface area contributed by atoms with Crippen molar-refractivity contribution in [3.63, 3.8) is 0 Å². The second kappa shape index (κ2) is 7.67. The molecule has 2 aromatic rings. The van der Waals surface area contributed by atoms with Crippen LogP contribution in [0.5, 0.6) is 5.75 Å². The summed E-state index contributed by atoms with van der Waals surface area (Å²) in [6.45, 7) is 8.54. The van der Waals surface area contributed by atoms with Crippen molar-refractivity contribution in [2.24, 2.45) is 5.92 Å². The fourth-order valence-corrected chi connectivity index (χ4v) is 3.33. The highest BCUT2D eigenvalue weighted by molar-refractivity contribution is 6.06. The third-order valence-electron chi connectivity index (χ3n) is 5.29. The fraction of sp³-hybridized carbons (Fsp3) is 0.500. The monoisotopic (exact) mass is 355 g/mol. The lowest BCUT2D eigenvalue weighted by Crippen LogP contribution is -2.44. The molecule has 140 valence electrons. The molecule has 0 saturated heterocycles. The Morgan fingerprint density at radius 3 is 2.50 bits per heavy atom. The Labute approximate surface area is 155 Å². The van der Waals surface area contributed by atoms with Crippen molar-refractivity contribution >= 4 is 22.4 Å². The topological polar surface area (TPSA) is 47.6 Å². The summed E-state index contributed by atoms with van der Waals surface area (Å²) in [5.41, 5.74) is 0.0376. The summed E-state index contributed by atoms with van der Waals surface area (Å²) in [7, 11) is 0. The highest BCUT2D eigenvalue weighted by Crippen LogP contribution is 2.43. The number of ether oxygens (including phenoxy) is 2. The molecule has 2 atom stereocenters. The van der Waals surface area contributed by atoms with Gasteiger partial charge in [-0.2, -0.15) is 0 Å². The minimum Gasteiger partial charge on any atom is -0.490 e. The van der Waals surface area contributed by atoms with E-state index in [0.717, 1.165) is 41.5 Å². The Kier molecular flexibility index (Phi) is 5.52. The molecule has 0 aromatic heterocycles. The van der Waals surface area contributed by atoms with Gasteiger partial charge in [-0.3, -0.25) is 4.79 Å². The van der Waals surface area contributed by atoms with Crippen LogP contribution in [-0.2, 0) is 9.53 Å². The molecule has 1 aliphatic rings. The summed E-state index contributed by atoms with van der Waals surface area (Å²) in [6, 6.07) is 11.9. The SMILES string of the molecule is CCO[C@@](C)(C(=O)Nc1ccc(O[C@H](C)CC)c2ccccc12)C1CC1. The molecular formula is C22H29NO3. The van der Waals surface area contributed by atoms with E-state index in [2.05, 4.69) is 19.2 Å². The molecule has 0 bridgehead atoms. The van der Waals surface area contributed by atoms with Gasteiger partial charge in [-0.25, -0.2) is 0 Å². The minimum atomic E-state index is -0.762. The molecule has 3 rings (SSSR count). The number of rotatable bonds is 8. The number of hydrogen-bond donors (Lipinski definition) is 1. The van der Waals surface area contributed by atoms with Crippen LogP contribution in [0.15, 0.2) is 36.4 Å². The smallest absolute Gasteiger partial charge is 0.256 e. The number of nitrogens with one attached hydrogen (secondary N) is 1. The zero-order valence-corrected chi connectivity index (χ0v) is 16.2. The van der Waals surface area contributed by atoms with Crippen LogP contribution in [-0.4, -0.2) is 24.2 Å². The van der Waals surface area contributed by atoms with E-state index < -0.39 is 5.60 Å². The van der Waals surface area contributed by atoms with E-state index in [1.165, 1.54) is 0 Å². The molecule has 0 radical (unpaired) electrons. The first kappa shape index (κ1) is 18.7. The van der Waals surface area contributed by atoms with Gasteiger partial charge in [-0.15, -0.1) is 0 Å². The van der Waals surface area contributed by atoms with E-state index in [0.29, 0.717) is 12.5 Å². The molecule has 1 amide bonds. The summed E-state index contributed by atoms with van der Waals surface area (Å²) in [4.78, 5) is 13.0. The summed E-state index contributed by atoms with van der Waals surface area (Å²) in [5.74, 6) is 1.09. The second-order valence-corrected chi connectivity index (χ2v) is 7.26. The molecule has 1 fully saturated rings. The van der Waals surface area contributed by atoms with Crippen LogP contribution < -0.4 is 10.1 Å². The molecule has 0 aliphatic heterocycles. The van der Waals surface area contributed by atoms with Crippen molar-refractivity contribution in [1.29, 1.82) is 0 Å². The molecule has 4 heteroatoms. The number of carbonyl (C=O) groups excluding carboxylic acids is 1. The average Bonchev–Trinajstić information content (AvgIpc) is 3.49. The van der Waals surface area contributed by atoms with Gasteiger partial charge in [0, 0.05) is 23.1 Å². The zero-order valence-electron chi connectivity index (χ0n) is 16.2. The van der Waals surface area contributed by atoms with Crippen LogP contribution in [0.25, 0.3) is 10.8 Å². The molecule has 0 heterocycles. The normalized spacial score (nSPS) is 17.5. The first-order valence-corrected chi connectivity index (χ1v) is 9.63.